The fourth-order valence-electron chi connectivity index (χ4n) is 2.74. The van der Waals surface area contributed by atoms with E-state index < -0.39 is 0 Å². The molecule has 0 saturated heterocycles. The minimum absolute atomic E-state index is 0. The van der Waals surface area contributed by atoms with Crippen LogP contribution < -0.4 is 19.5 Å². The van der Waals surface area contributed by atoms with Crippen molar-refractivity contribution in [1.82, 2.24) is 10.2 Å². The van der Waals surface area contributed by atoms with Gasteiger partial charge in [0.25, 0.3) is 0 Å². The van der Waals surface area contributed by atoms with E-state index in [1.807, 2.05) is 44.3 Å². The van der Waals surface area contributed by atoms with Crippen LogP contribution in [0.4, 0.5) is 0 Å². The van der Waals surface area contributed by atoms with Gasteiger partial charge in [-0.2, -0.15) is 0 Å². The Balaban J connectivity index is 0.00000392. The topological polar surface area (TPSA) is 55.3 Å². The molecule has 0 bridgehead atoms. The smallest absolute Gasteiger partial charge is 0.193 e. The number of halogens is 1. The van der Waals surface area contributed by atoms with Gasteiger partial charge in [-0.3, -0.25) is 4.99 Å². The van der Waals surface area contributed by atoms with Gasteiger partial charge in [-0.25, -0.2) is 0 Å². The van der Waals surface area contributed by atoms with E-state index >= 15 is 0 Å². The summed E-state index contributed by atoms with van der Waals surface area (Å²) >= 11 is 0. The standard InChI is InChI=1S/C21H29N3O3.HI/c1-6-27-19-12-9-17(13-20(19)26-5)14-23-21(22-2)24(3)15-16-7-10-18(25-4)11-8-16;/h7-13H,6,14-15H2,1-5H3,(H,22,23);1H. The van der Waals surface area contributed by atoms with Crippen LogP contribution in [-0.2, 0) is 13.1 Å². The maximum atomic E-state index is 5.56. The molecule has 0 unspecified atom stereocenters. The van der Waals surface area contributed by atoms with Crippen molar-refractivity contribution < 1.29 is 14.2 Å². The fourth-order valence-corrected chi connectivity index (χ4v) is 2.74. The van der Waals surface area contributed by atoms with Gasteiger partial charge in [-0.15, -0.1) is 24.0 Å². The average molecular weight is 499 g/mol. The maximum Gasteiger partial charge on any atom is 0.193 e. The Hall–Kier alpha value is -2.16. The summed E-state index contributed by atoms with van der Waals surface area (Å²) in [5, 5.41) is 3.39. The zero-order valence-corrected chi connectivity index (χ0v) is 19.5. The summed E-state index contributed by atoms with van der Waals surface area (Å²) in [6.45, 7) is 3.95. The molecular weight excluding hydrogens is 469 g/mol. The first-order valence-electron chi connectivity index (χ1n) is 8.95. The fraction of sp³-hybridized carbons (Fsp3) is 0.381. The maximum absolute atomic E-state index is 5.56. The van der Waals surface area contributed by atoms with Crippen LogP contribution in [0.3, 0.4) is 0 Å². The first kappa shape index (κ1) is 23.9. The highest BCUT2D eigenvalue weighted by molar-refractivity contribution is 14.0. The van der Waals surface area contributed by atoms with Crippen molar-refractivity contribution >= 4 is 29.9 Å². The lowest BCUT2D eigenvalue weighted by atomic mass is 10.2. The molecule has 0 amide bonds. The minimum atomic E-state index is 0. The van der Waals surface area contributed by atoms with E-state index in [1.54, 1.807) is 21.3 Å². The van der Waals surface area contributed by atoms with E-state index in [9.17, 15) is 0 Å². The number of hydrogen-bond acceptors (Lipinski definition) is 4. The van der Waals surface area contributed by atoms with E-state index in [0.29, 0.717) is 13.2 Å². The molecule has 0 aliphatic rings. The van der Waals surface area contributed by atoms with Crippen LogP contribution in [0.5, 0.6) is 17.2 Å². The Morgan fingerprint density at radius 3 is 2.25 bits per heavy atom. The van der Waals surface area contributed by atoms with Gasteiger partial charge in [0.2, 0.25) is 0 Å². The molecule has 0 aromatic heterocycles. The van der Waals surface area contributed by atoms with Crippen molar-refractivity contribution in [3.8, 4) is 17.2 Å². The Bertz CT molecular complexity index is 751. The van der Waals surface area contributed by atoms with Gasteiger partial charge in [0, 0.05) is 27.2 Å². The van der Waals surface area contributed by atoms with Crippen molar-refractivity contribution in [3.63, 3.8) is 0 Å². The van der Waals surface area contributed by atoms with E-state index in [-0.39, 0.29) is 24.0 Å². The lowest BCUT2D eigenvalue weighted by Gasteiger charge is -2.22. The summed E-state index contributed by atoms with van der Waals surface area (Å²) < 4.78 is 16.2. The second-order valence-corrected chi connectivity index (χ2v) is 6.02. The third-order valence-corrected chi connectivity index (χ3v) is 4.13. The lowest BCUT2D eigenvalue weighted by Crippen LogP contribution is -2.38. The third-order valence-electron chi connectivity index (χ3n) is 4.13. The first-order valence-corrected chi connectivity index (χ1v) is 8.95. The SMILES string of the molecule is CCOc1ccc(CNC(=NC)N(C)Cc2ccc(OC)cc2)cc1OC.I. The second kappa shape index (κ2) is 12.3. The van der Waals surface area contributed by atoms with E-state index in [0.717, 1.165) is 35.3 Å². The number of ether oxygens (including phenoxy) is 3. The van der Waals surface area contributed by atoms with Crippen LogP contribution in [0.1, 0.15) is 18.1 Å². The summed E-state index contributed by atoms with van der Waals surface area (Å²) in [4.78, 5) is 6.45. The van der Waals surface area contributed by atoms with Crippen LogP contribution in [0.2, 0.25) is 0 Å². The van der Waals surface area contributed by atoms with Crippen molar-refractivity contribution in [3.05, 3.63) is 53.6 Å². The Morgan fingerprint density at radius 2 is 1.68 bits per heavy atom. The highest BCUT2D eigenvalue weighted by atomic mass is 127. The number of methoxy groups -OCH3 is 2. The van der Waals surface area contributed by atoms with Crippen molar-refractivity contribution in [2.45, 2.75) is 20.0 Å². The quantitative estimate of drug-likeness (QED) is 0.339. The molecule has 2 aromatic rings. The van der Waals surface area contributed by atoms with E-state index in [4.69, 9.17) is 14.2 Å². The predicted molar refractivity (Wildman–Crippen MR) is 124 cm³/mol. The summed E-state index contributed by atoms with van der Waals surface area (Å²) in [5.74, 6) is 3.16. The molecule has 0 saturated carbocycles. The van der Waals surface area contributed by atoms with Gasteiger partial charge in [0.1, 0.15) is 5.75 Å². The molecule has 7 heteroatoms. The number of nitrogens with zero attached hydrogens (tertiary/aromatic N) is 2. The highest BCUT2D eigenvalue weighted by Gasteiger charge is 2.09. The van der Waals surface area contributed by atoms with Gasteiger partial charge in [-0.05, 0) is 42.3 Å². The molecule has 154 valence electrons. The van der Waals surface area contributed by atoms with Crippen LogP contribution in [0.25, 0.3) is 0 Å². The molecule has 1 N–H and O–H groups in total. The molecule has 0 aliphatic carbocycles. The Labute approximate surface area is 184 Å². The van der Waals surface area contributed by atoms with Crippen LogP contribution in [-0.4, -0.2) is 45.8 Å². The number of guanidine groups is 1. The zero-order valence-electron chi connectivity index (χ0n) is 17.2. The van der Waals surface area contributed by atoms with E-state index in [1.165, 1.54) is 5.56 Å². The molecule has 0 heterocycles. The molecular formula is C21H30IN3O3. The number of aliphatic imine (C=N–C) groups is 1. The number of rotatable bonds is 8. The second-order valence-electron chi connectivity index (χ2n) is 6.02. The van der Waals surface area contributed by atoms with Gasteiger partial charge in [0.15, 0.2) is 17.5 Å². The number of hydrogen-bond donors (Lipinski definition) is 1. The average Bonchev–Trinajstić information content (AvgIpc) is 2.70. The first-order chi connectivity index (χ1) is 13.1. The van der Waals surface area contributed by atoms with Gasteiger partial charge >= 0.3 is 0 Å². The molecule has 0 radical (unpaired) electrons. The zero-order chi connectivity index (χ0) is 19.6. The molecule has 0 atom stereocenters. The molecule has 0 fully saturated rings. The van der Waals surface area contributed by atoms with Gasteiger partial charge in [0.05, 0.1) is 20.8 Å². The summed E-state index contributed by atoms with van der Waals surface area (Å²) in [7, 11) is 7.11. The Kier molecular flexibility index (Phi) is 10.5. The van der Waals surface area contributed by atoms with Crippen molar-refractivity contribution in [1.29, 1.82) is 0 Å². The molecule has 28 heavy (non-hydrogen) atoms. The number of benzene rings is 2. The third kappa shape index (κ3) is 6.78. The molecule has 0 aliphatic heterocycles. The van der Waals surface area contributed by atoms with E-state index in [2.05, 4.69) is 27.3 Å². The lowest BCUT2D eigenvalue weighted by molar-refractivity contribution is 0.310. The summed E-state index contributed by atoms with van der Waals surface area (Å²) in [6, 6.07) is 14.0. The molecule has 2 rings (SSSR count). The van der Waals surface area contributed by atoms with Gasteiger partial charge in [-0.1, -0.05) is 18.2 Å². The summed E-state index contributed by atoms with van der Waals surface area (Å²) in [6.07, 6.45) is 0. The minimum Gasteiger partial charge on any atom is -0.497 e. The van der Waals surface area contributed by atoms with Crippen molar-refractivity contribution in [2.75, 3.05) is 34.9 Å². The molecule has 6 nitrogen and oxygen atoms in total. The number of nitrogens with one attached hydrogen (secondary N) is 1. The monoisotopic (exact) mass is 499 g/mol. The highest BCUT2D eigenvalue weighted by Crippen LogP contribution is 2.28. The van der Waals surface area contributed by atoms with Crippen LogP contribution in [0.15, 0.2) is 47.5 Å². The molecule has 0 spiro atoms. The normalized spacial score (nSPS) is 10.7. The summed E-state index contributed by atoms with van der Waals surface area (Å²) in [5.41, 5.74) is 2.28. The Morgan fingerprint density at radius 1 is 1.00 bits per heavy atom. The predicted octanol–water partition coefficient (Wildman–Crippen LogP) is 3.93. The van der Waals surface area contributed by atoms with Crippen LogP contribution in [0, 0.1) is 0 Å². The van der Waals surface area contributed by atoms with Gasteiger partial charge < -0.3 is 24.4 Å². The molecule has 2 aromatic carbocycles. The van der Waals surface area contributed by atoms with Crippen LogP contribution >= 0.6 is 24.0 Å². The largest absolute Gasteiger partial charge is 0.497 e. The van der Waals surface area contributed by atoms with Crippen molar-refractivity contribution in [2.24, 2.45) is 4.99 Å².